The Hall–Kier alpha value is -2.96. The first kappa shape index (κ1) is 12.1. The normalized spacial score (nSPS) is 10.7. The SMILES string of the molecule is COc1ccc(-c2cnc3c(N)nc(N)nc3n2)cc1. The van der Waals surface area contributed by atoms with Crippen molar-refractivity contribution in [2.75, 3.05) is 18.6 Å². The molecular weight excluding hydrogens is 256 g/mol. The summed E-state index contributed by atoms with van der Waals surface area (Å²) in [5, 5.41) is 0. The third-order valence-electron chi connectivity index (χ3n) is 2.84. The smallest absolute Gasteiger partial charge is 0.224 e. The summed E-state index contributed by atoms with van der Waals surface area (Å²) in [6.45, 7) is 0. The van der Waals surface area contributed by atoms with E-state index in [9.17, 15) is 0 Å². The minimum absolute atomic E-state index is 0.0798. The second-order valence-electron chi connectivity index (χ2n) is 4.12. The number of rotatable bonds is 2. The highest BCUT2D eigenvalue weighted by atomic mass is 16.5. The van der Waals surface area contributed by atoms with Crippen LogP contribution in [0.3, 0.4) is 0 Å². The van der Waals surface area contributed by atoms with Gasteiger partial charge in [-0.25, -0.2) is 9.97 Å². The van der Waals surface area contributed by atoms with Gasteiger partial charge in [0, 0.05) is 5.56 Å². The third-order valence-corrected chi connectivity index (χ3v) is 2.84. The number of nitrogen functional groups attached to an aromatic ring is 2. The Morgan fingerprint density at radius 2 is 1.75 bits per heavy atom. The number of methoxy groups -OCH3 is 1. The molecule has 0 radical (unpaired) electrons. The highest BCUT2D eigenvalue weighted by molar-refractivity contribution is 5.83. The van der Waals surface area contributed by atoms with E-state index in [0.717, 1.165) is 11.3 Å². The van der Waals surface area contributed by atoms with Crippen molar-refractivity contribution in [2.45, 2.75) is 0 Å². The van der Waals surface area contributed by atoms with Gasteiger partial charge < -0.3 is 16.2 Å². The molecule has 3 aromatic rings. The van der Waals surface area contributed by atoms with Crippen LogP contribution >= 0.6 is 0 Å². The van der Waals surface area contributed by atoms with E-state index >= 15 is 0 Å². The summed E-state index contributed by atoms with van der Waals surface area (Å²) in [6, 6.07) is 7.49. The molecule has 0 unspecified atom stereocenters. The summed E-state index contributed by atoms with van der Waals surface area (Å²) in [5.74, 6) is 1.08. The minimum Gasteiger partial charge on any atom is -0.497 e. The lowest BCUT2D eigenvalue weighted by molar-refractivity contribution is 0.415. The molecule has 4 N–H and O–H groups in total. The van der Waals surface area contributed by atoms with Gasteiger partial charge in [0.2, 0.25) is 5.95 Å². The first-order valence-electron chi connectivity index (χ1n) is 5.87. The van der Waals surface area contributed by atoms with E-state index in [1.54, 1.807) is 13.3 Å². The maximum absolute atomic E-state index is 5.73. The molecule has 0 aliphatic rings. The number of ether oxygens (including phenoxy) is 1. The summed E-state index contributed by atoms with van der Waals surface area (Å²) >= 11 is 0. The summed E-state index contributed by atoms with van der Waals surface area (Å²) in [5.41, 5.74) is 13.7. The average molecular weight is 268 g/mol. The van der Waals surface area contributed by atoms with Gasteiger partial charge in [0.25, 0.3) is 0 Å². The zero-order valence-corrected chi connectivity index (χ0v) is 10.7. The van der Waals surface area contributed by atoms with Gasteiger partial charge in [-0.1, -0.05) is 0 Å². The van der Waals surface area contributed by atoms with Crippen molar-refractivity contribution in [1.29, 1.82) is 0 Å². The number of nitrogens with two attached hydrogens (primary N) is 2. The molecule has 0 bridgehead atoms. The van der Waals surface area contributed by atoms with Crippen LogP contribution in [0.1, 0.15) is 0 Å². The molecule has 0 fully saturated rings. The topological polar surface area (TPSA) is 113 Å². The highest BCUT2D eigenvalue weighted by Crippen LogP contribution is 2.22. The zero-order valence-electron chi connectivity index (χ0n) is 10.7. The molecule has 100 valence electrons. The van der Waals surface area contributed by atoms with Gasteiger partial charge in [-0.15, -0.1) is 0 Å². The van der Waals surface area contributed by atoms with E-state index in [2.05, 4.69) is 19.9 Å². The Labute approximate surface area is 114 Å². The van der Waals surface area contributed by atoms with Crippen LogP contribution in [0.15, 0.2) is 30.5 Å². The van der Waals surface area contributed by atoms with Crippen LogP contribution in [0.2, 0.25) is 0 Å². The molecule has 0 saturated heterocycles. The molecule has 7 heteroatoms. The van der Waals surface area contributed by atoms with Crippen molar-refractivity contribution in [3.63, 3.8) is 0 Å². The first-order valence-corrected chi connectivity index (χ1v) is 5.87. The number of fused-ring (bicyclic) bond motifs is 1. The molecule has 7 nitrogen and oxygen atoms in total. The van der Waals surface area contributed by atoms with Gasteiger partial charge in [-0.05, 0) is 24.3 Å². The summed E-state index contributed by atoms with van der Waals surface area (Å²) < 4.78 is 5.12. The lowest BCUT2D eigenvalue weighted by atomic mass is 10.1. The quantitative estimate of drug-likeness (QED) is 0.719. The number of benzene rings is 1. The fourth-order valence-electron chi connectivity index (χ4n) is 1.85. The Morgan fingerprint density at radius 3 is 2.45 bits per heavy atom. The lowest BCUT2D eigenvalue weighted by Crippen LogP contribution is -2.03. The molecule has 0 saturated carbocycles. The van der Waals surface area contributed by atoms with E-state index in [4.69, 9.17) is 16.2 Å². The van der Waals surface area contributed by atoms with Crippen molar-refractivity contribution in [1.82, 2.24) is 19.9 Å². The van der Waals surface area contributed by atoms with Crippen molar-refractivity contribution in [2.24, 2.45) is 0 Å². The molecule has 0 spiro atoms. The summed E-state index contributed by atoms with van der Waals surface area (Å²) in [7, 11) is 1.62. The van der Waals surface area contributed by atoms with Crippen LogP contribution in [-0.2, 0) is 0 Å². The van der Waals surface area contributed by atoms with Gasteiger partial charge >= 0.3 is 0 Å². The molecule has 2 heterocycles. The summed E-state index contributed by atoms with van der Waals surface area (Å²) in [6.07, 6.45) is 1.63. The number of hydrogen-bond acceptors (Lipinski definition) is 7. The molecule has 20 heavy (non-hydrogen) atoms. The van der Waals surface area contributed by atoms with Gasteiger partial charge in [0.05, 0.1) is 19.0 Å². The van der Waals surface area contributed by atoms with Gasteiger partial charge in [0.1, 0.15) is 11.3 Å². The average Bonchev–Trinajstić information content (AvgIpc) is 2.46. The summed E-state index contributed by atoms with van der Waals surface area (Å²) in [4.78, 5) is 16.5. The van der Waals surface area contributed by atoms with Crippen LogP contribution in [0, 0.1) is 0 Å². The Morgan fingerprint density at radius 1 is 1.00 bits per heavy atom. The second kappa shape index (κ2) is 4.61. The standard InChI is InChI=1S/C13H12N6O/c1-20-8-4-2-7(3-5-8)9-6-16-10-11(14)18-13(15)19-12(10)17-9/h2-6H,1H3,(H4,14,15,17,18,19). The van der Waals surface area contributed by atoms with Crippen molar-refractivity contribution >= 4 is 22.9 Å². The van der Waals surface area contributed by atoms with E-state index in [-0.39, 0.29) is 11.8 Å². The zero-order chi connectivity index (χ0) is 14.1. The monoisotopic (exact) mass is 268 g/mol. The molecule has 0 atom stereocenters. The Balaban J connectivity index is 2.12. The van der Waals surface area contributed by atoms with Crippen LogP contribution in [0.4, 0.5) is 11.8 Å². The molecule has 0 aliphatic carbocycles. The molecule has 2 aromatic heterocycles. The van der Waals surface area contributed by atoms with Gasteiger partial charge in [-0.2, -0.15) is 9.97 Å². The van der Waals surface area contributed by atoms with Crippen LogP contribution in [0.25, 0.3) is 22.4 Å². The molecular formula is C13H12N6O. The van der Waals surface area contributed by atoms with Gasteiger partial charge in [-0.3, -0.25) is 0 Å². The fourth-order valence-corrected chi connectivity index (χ4v) is 1.85. The van der Waals surface area contributed by atoms with E-state index in [0.29, 0.717) is 16.9 Å². The van der Waals surface area contributed by atoms with Crippen molar-refractivity contribution < 1.29 is 4.74 Å². The molecule has 0 aliphatic heterocycles. The Kier molecular flexibility index (Phi) is 2.79. The molecule has 3 rings (SSSR count). The second-order valence-corrected chi connectivity index (χ2v) is 4.12. The van der Waals surface area contributed by atoms with E-state index in [1.807, 2.05) is 24.3 Å². The largest absolute Gasteiger partial charge is 0.497 e. The lowest BCUT2D eigenvalue weighted by Gasteiger charge is -2.05. The molecule has 1 aromatic carbocycles. The Bertz CT molecular complexity index is 772. The van der Waals surface area contributed by atoms with E-state index < -0.39 is 0 Å². The van der Waals surface area contributed by atoms with Crippen molar-refractivity contribution in [3.05, 3.63) is 30.5 Å². The number of anilines is 2. The predicted octanol–water partition coefficient (Wildman–Crippen LogP) is 1.26. The van der Waals surface area contributed by atoms with Crippen LogP contribution in [-0.4, -0.2) is 27.0 Å². The first-order chi connectivity index (χ1) is 9.67. The number of hydrogen-bond donors (Lipinski definition) is 2. The van der Waals surface area contributed by atoms with Crippen molar-refractivity contribution in [3.8, 4) is 17.0 Å². The maximum atomic E-state index is 5.73. The van der Waals surface area contributed by atoms with E-state index in [1.165, 1.54) is 0 Å². The van der Waals surface area contributed by atoms with Gasteiger partial charge in [0.15, 0.2) is 11.5 Å². The molecule has 0 amide bonds. The number of nitrogens with zero attached hydrogens (tertiary/aromatic N) is 4. The number of aromatic nitrogens is 4. The fraction of sp³-hybridized carbons (Fsp3) is 0.0769. The van der Waals surface area contributed by atoms with Crippen LogP contribution < -0.4 is 16.2 Å². The van der Waals surface area contributed by atoms with Crippen LogP contribution in [0.5, 0.6) is 5.75 Å². The third kappa shape index (κ3) is 2.05. The predicted molar refractivity (Wildman–Crippen MR) is 75.9 cm³/mol. The maximum Gasteiger partial charge on any atom is 0.224 e. The highest BCUT2D eigenvalue weighted by Gasteiger charge is 2.08. The minimum atomic E-state index is 0.0798.